The van der Waals surface area contributed by atoms with Crippen LogP contribution in [0.5, 0.6) is 0 Å². The number of halogens is 3. The van der Waals surface area contributed by atoms with Gasteiger partial charge >= 0.3 is 6.18 Å². The highest BCUT2D eigenvalue weighted by atomic mass is 19.4. The first-order valence-corrected chi connectivity index (χ1v) is 3.97. The van der Waals surface area contributed by atoms with E-state index in [1.54, 1.807) is 0 Å². The van der Waals surface area contributed by atoms with Crippen molar-refractivity contribution in [1.82, 2.24) is 0 Å². The fourth-order valence-corrected chi connectivity index (χ4v) is 1.03. The first-order valence-electron chi connectivity index (χ1n) is 3.97. The van der Waals surface area contributed by atoms with E-state index in [1.165, 1.54) is 24.3 Å². The highest BCUT2D eigenvalue weighted by Gasteiger charge is 2.49. The molecule has 4 N–H and O–H groups in total. The molecule has 0 saturated carbocycles. The van der Waals surface area contributed by atoms with Crippen LogP contribution in [0.25, 0.3) is 0 Å². The molecule has 5 heteroatoms. The van der Waals surface area contributed by atoms with E-state index in [0.717, 1.165) is 6.92 Å². The molecule has 2 nitrogen and oxygen atoms in total. The van der Waals surface area contributed by atoms with Gasteiger partial charge in [-0.1, -0.05) is 12.1 Å². The van der Waals surface area contributed by atoms with E-state index in [1.807, 2.05) is 0 Å². The van der Waals surface area contributed by atoms with E-state index >= 15 is 0 Å². The van der Waals surface area contributed by atoms with Crippen LogP contribution in [0.1, 0.15) is 12.5 Å². The Morgan fingerprint density at radius 3 is 2.21 bits per heavy atom. The van der Waals surface area contributed by atoms with E-state index in [4.69, 9.17) is 11.5 Å². The molecule has 1 atom stereocenters. The molecule has 14 heavy (non-hydrogen) atoms. The summed E-state index contributed by atoms with van der Waals surface area (Å²) >= 11 is 0. The van der Waals surface area contributed by atoms with Gasteiger partial charge in [0.2, 0.25) is 0 Å². The molecule has 1 unspecified atom stereocenters. The highest BCUT2D eigenvalue weighted by Crippen LogP contribution is 2.36. The minimum absolute atomic E-state index is 0.0370. The van der Waals surface area contributed by atoms with Gasteiger partial charge in [-0.05, 0) is 24.6 Å². The Morgan fingerprint density at radius 1 is 1.21 bits per heavy atom. The van der Waals surface area contributed by atoms with E-state index in [9.17, 15) is 13.2 Å². The number of benzene rings is 1. The summed E-state index contributed by atoms with van der Waals surface area (Å²) in [7, 11) is 0. The number of anilines is 1. The zero-order chi connectivity index (χ0) is 11.0. The molecule has 0 aromatic heterocycles. The second kappa shape index (κ2) is 3.16. The van der Waals surface area contributed by atoms with Crippen molar-refractivity contribution in [3.63, 3.8) is 0 Å². The molecule has 0 aliphatic rings. The average molecular weight is 204 g/mol. The van der Waals surface area contributed by atoms with Crippen molar-refractivity contribution in [3.8, 4) is 0 Å². The second-order valence-electron chi connectivity index (χ2n) is 3.33. The van der Waals surface area contributed by atoms with Gasteiger partial charge in [-0.2, -0.15) is 13.2 Å². The summed E-state index contributed by atoms with van der Waals surface area (Å²) < 4.78 is 37.5. The molecule has 1 aromatic carbocycles. The number of alkyl halides is 3. The molecule has 0 radical (unpaired) electrons. The van der Waals surface area contributed by atoms with Crippen LogP contribution in [0.15, 0.2) is 24.3 Å². The van der Waals surface area contributed by atoms with Crippen molar-refractivity contribution in [1.29, 1.82) is 0 Å². The standard InChI is InChI=1S/C9H11F3N2/c1-8(14,9(10,11)12)6-3-2-4-7(13)5-6/h2-5H,13-14H2,1H3. The van der Waals surface area contributed by atoms with E-state index in [2.05, 4.69) is 0 Å². The fraction of sp³-hybridized carbons (Fsp3) is 0.333. The van der Waals surface area contributed by atoms with Crippen LogP contribution in [0, 0.1) is 0 Å². The summed E-state index contributed by atoms with van der Waals surface area (Å²) in [4.78, 5) is 0. The van der Waals surface area contributed by atoms with Gasteiger partial charge in [0.05, 0.1) is 0 Å². The van der Waals surface area contributed by atoms with Gasteiger partial charge in [0.25, 0.3) is 0 Å². The lowest BCUT2D eigenvalue weighted by molar-refractivity contribution is -0.184. The van der Waals surface area contributed by atoms with Gasteiger partial charge in [-0.25, -0.2) is 0 Å². The smallest absolute Gasteiger partial charge is 0.399 e. The predicted octanol–water partition coefficient (Wildman–Crippen LogP) is 2.00. The van der Waals surface area contributed by atoms with Crippen LogP contribution < -0.4 is 11.5 Å². The van der Waals surface area contributed by atoms with E-state index in [-0.39, 0.29) is 11.3 Å². The molecule has 0 heterocycles. The van der Waals surface area contributed by atoms with E-state index < -0.39 is 11.7 Å². The first-order chi connectivity index (χ1) is 6.25. The molecule has 0 amide bonds. The van der Waals surface area contributed by atoms with Crippen molar-refractivity contribution >= 4 is 5.69 Å². The van der Waals surface area contributed by atoms with Gasteiger partial charge in [0.15, 0.2) is 0 Å². The molecule has 1 aromatic rings. The van der Waals surface area contributed by atoms with Gasteiger partial charge in [-0.15, -0.1) is 0 Å². The second-order valence-corrected chi connectivity index (χ2v) is 3.33. The average Bonchev–Trinajstić information content (AvgIpc) is 2.02. The van der Waals surface area contributed by atoms with Gasteiger partial charge in [0, 0.05) is 5.69 Å². The van der Waals surface area contributed by atoms with Gasteiger partial charge in [0.1, 0.15) is 5.54 Å². The summed E-state index contributed by atoms with van der Waals surface area (Å²) in [5.41, 5.74) is 8.45. The van der Waals surface area contributed by atoms with Crippen LogP contribution in [-0.2, 0) is 5.54 Å². The molecular formula is C9H11F3N2. The topological polar surface area (TPSA) is 52.0 Å². The quantitative estimate of drug-likeness (QED) is 0.687. The van der Waals surface area contributed by atoms with Crippen LogP contribution in [0.2, 0.25) is 0 Å². The zero-order valence-electron chi connectivity index (χ0n) is 7.60. The molecule has 0 aliphatic heterocycles. The minimum Gasteiger partial charge on any atom is -0.399 e. The van der Waals surface area contributed by atoms with Crippen LogP contribution in [-0.4, -0.2) is 6.18 Å². The number of hydrogen-bond donors (Lipinski definition) is 2. The molecule has 0 aliphatic carbocycles. The molecule has 78 valence electrons. The summed E-state index contributed by atoms with van der Waals surface area (Å²) in [5.74, 6) is 0. The monoisotopic (exact) mass is 204 g/mol. The van der Waals surface area contributed by atoms with Crippen molar-refractivity contribution in [2.75, 3.05) is 5.73 Å². The number of hydrogen-bond acceptors (Lipinski definition) is 2. The molecule has 0 bridgehead atoms. The Labute approximate surface area is 79.7 Å². The van der Waals surface area contributed by atoms with E-state index in [0.29, 0.717) is 0 Å². The van der Waals surface area contributed by atoms with Crippen LogP contribution in [0.4, 0.5) is 18.9 Å². The Morgan fingerprint density at radius 2 is 1.79 bits per heavy atom. The Hall–Kier alpha value is -1.23. The SMILES string of the molecule is CC(N)(c1cccc(N)c1)C(F)(F)F. The lowest BCUT2D eigenvalue weighted by atomic mass is 9.92. The molecule has 1 rings (SSSR count). The third kappa shape index (κ3) is 1.82. The normalized spacial score (nSPS) is 16.4. The molecule has 0 fully saturated rings. The Balaban J connectivity index is 3.16. The highest BCUT2D eigenvalue weighted by molar-refractivity contribution is 5.43. The maximum Gasteiger partial charge on any atom is 0.410 e. The third-order valence-corrected chi connectivity index (χ3v) is 2.08. The van der Waals surface area contributed by atoms with Crippen molar-refractivity contribution in [2.24, 2.45) is 5.73 Å². The maximum atomic E-state index is 12.5. The molecule has 0 saturated heterocycles. The predicted molar refractivity (Wildman–Crippen MR) is 48.4 cm³/mol. The third-order valence-electron chi connectivity index (χ3n) is 2.08. The maximum absolute atomic E-state index is 12.5. The summed E-state index contributed by atoms with van der Waals surface area (Å²) in [6.45, 7) is 0.918. The Bertz CT molecular complexity index is 331. The largest absolute Gasteiger partial charge is 0.410 e. The number of rotatable bonds is 1. The molecular weight excluding hydrogens is 193 g/mol. The lowest BCUT2D eigenvalue weighted by Crippen LogP contribution is -2.47. The number of nitrogen functional groups attached to an aromatic ring is 1. The number of nitrogens with two attached hydrogens (primary N) is 2. The summed E-state index contributed by atoms with van der Waals surface area (Å²) in [6.07, 6.45) is -4.49. The Kier molecular flexibility index (Phi) is 2.45. The zero-order valence-corrected chi connectivity index (χ0v) is 7.60. The van der Waals surface area contributed by atoms with Crippen molar-refractivity contribution in [3.05, 3.63) is 29.8 Å². The fourth-order valence-electron chi connectivity index (χ4n) is 1.03. The lowest BCUT2D eigenvalue weighted by Gasteiger charge is -2.28. The first kappa shape index (κ1) is 10.8. The molecule has 0 spiro atoms. The van der Waals surface area contributed by atoms with Crippen molar-refractivity contribution in [2.45, 2.75) is 18.6 Å². The van der Waals surface area contributed by atoms with Gasteiger partial charge in [-0.3, -0.25) is 0 Å². The summed E-state index contributed by atoms with van der Waals surface area (Å²) in [5, 5.41) is 0. The van der Waals surface area contributed by atoms with Crippen molar-refractivity contribution < 1.29 is 13.2 Å². The van der Waals surface area contributed by atoms with Crippen LogP contribution in [0.3, 0.4) is 0 Å². The van der Waals surface area contributed by atoms with Crippen LogP contribution >= 0.6 is 0 Å². The van der Waals surface area contributed by atoms with Gasteiger partial charge < -0.3 is 11.5 Å². The summed E-state index contributed by atoms with van der Waals surface area (Å²) in [6, 6.07) is 5.49. The minimum atomic E-state index is -4.49.